The lowest BCUT2D eigenvalue weighted by atomic mass is 10.00. The summed E-state index contributed by atoms with van der Waals surface area (Å²) in [6.07, 6.45) is 2.60. The molecule has 1 saturated heterocycles. The molecule has 2 heterocycles. The molecule has 1 fully saturated rings. The summed E-state index contributed by atoms with van der Waals surface area (Å²) in [5.41, 5.74) is 1.05. The highest BCUT2D eigenvalue weighted by atomic mass is 79.9. The lowest BCUT2D eigenvalue weighted by Gasteiger charge is -2.27. The Kier molecular flexibility index (Phi) is 4.57. The van der Waals surface area contributed by atoms with Crippen LogP contribution >= 0.6 is 28.1 Å². The van der Waals surface area contributed by atoms with E-state index in [0.717, 1.165) is 28.4 Å². The quantitative estimate of drug-likeness (QED) is 0.818. The minimum Gasteiger partial charge on any atom is -0.316 e. The third-order valence-corrected chi connectivity index (χ3v) is 5.17. The summed E-state index contributed by atoms with van der Waals surface area (Å²) in [6.45, 7) is 5.64. The van der Waals surface area contributed by atoms with Crippen molar-refractivity contribution in [2.24, 2.45) is 5.92 Å². The van der Waals surface area contributed by atoms with Gasteiger partial charge in [0, 0.05) is 10.0 Å². The first-order valence-electron chi connectivity index (χ1n) is 7.39. The summed E-state index contributed by atoms with van der Waals surface area (Å²) in [4.78, 5) is 6.08. The van der Waals surface area contributed by atoms with E-state index in [4.69, 9.17) is 12.2 Å². The summed E-state index contributed by atoms with van der Waals surface area (Å²) in [5, 5.41) is 3.35. The van der Waals surface area contributed by atoms with E-state index in [-0.39, 0.29) is 0 Å². The molecule has 21 heavy (non-hydrogen) atoms. The van der Waals surface area contributed by atoms with E-state index in [1.165, 1.54) is 25.9 Å². The van der Waals surface area contributed by atoms with Gasteiger partial charge in [-0.05, 0) is 37.0 Å². The molecule has 0 bridgehead atoms. The molecule has 3 rings (SSSR count). The molecule has 112 valence electrons. The topological polar surface area (TPSA) is 38.0 Å². The largest absolute Gasteiger partial charge is 0.316 e. The molecular weight excluding hydrogens is 348 g/mol. The molecule has 2 N–H and O–H groups in total. The third-order valence-electron chi connectivity index (χ3n) is 4.17. The zero-order valence-corrected chi connectivity index (χ0v) is 14.5. The van der Waals surface area contributed by atoms with Crippen molar-refractivity contribution < 1.29 is 4.90 Å². The molecule has 1 aromatic heterocycles. The van der Waals surface area contributed by atoms with Crippen LogP contribution in [0.3, 0.4) is 0 Å². The number of benzene rings is 1. The van der Waals surface area contributed by atoms with Crippen LogP contribution in [0, 0.1) is 10.7 Å². The highest BCUT2D eigenvalue weighted by Crippen LogP contribution is 2.24. The maximum atomic E-state index is 5.40. The molecule has 1 aromatic carbocycles. The van der Waals surface area contributed by atoms with Crippen LogP contribution in [0.1, 0.15) is 19.8 Å². The van der Waals surface area contributed by atoms with Gasteiger partial charge in [0.05, 0.1) is 13.1 Å². The molecule has 0 atom stereocenters. The standard InChI is InChI=1S/C15H19BrN4S/c1-11-6-8-19(9-7-11)10-20-15(21)17-14(18-20)12-4-2-3-5-13(12)16/h2-5,11H,6-10H2,1H3,(H,17,18,21)/p+1. The van der Waals surface area contributed by atoms with Crippen LogP contribution in [0.2, 0.25) is 0 Å². The van der Waals surface area contributed by atoms with E-state index >= 15 is 0 Å². The summed E-state index contributed by atoms with van der Waals surface area (Å²) in [5.74, 6) is 1.69. The van der Waals surface area contributed by atoms with Crippen LogP contribution in [0.25, 0.3) is 11.4 Å². The van der Waals surface area contributed by atoms with Crippen molar-refractivity contribution in [2.75, 3.05) is 13.1 Å². The van der Waals surface area contributed by atoms with Crippen molar-refractivity contribution in [1.82, 2.24) is 14.8 Å². The van der Waals surface area contributed by atoms with E-state index in [1.54, 1.807) is 4.90 Å². The molecule has 0 amide bonds. The molecule has 4 nitrogen and oxygen atoms in total. The fourth-order valence-corrected chi connectivity index (χ4v) is 3.46. The van der Waals surface area contributed by atoms with Crippen LogP contribution in [0.4, 0.5) is 0 Å². The molecule has 1 aliphatic heterocycles. The van der Waals surface area contributed by atoms with Gasteiger partial charge in [0.1, 0.15) is 0 Å². The van der Waals surface area contributed by atoms with Crippen molar-refractivity contribution in [1.29, 1.82) is 0 Å². The van der Waals surface area contributed by atoms with Crippen LogP contribution in [0.15, 0.2) is 28.7 Å². The number of halogens is 1. The van der Waals surface area contributed by atoms with E-state index in [2.05, 4.69) is 32.9 Å². The SMILES string of the molecule is CC1CC[NH+](Cn2[nH]c(-c3ccccc3Br)nc2=S)CC1. The van der Waals surface area contributed by atoms with Gasteiger partial charge in [-0.25, -0.2) is 4.68 Å². The summed E-state index contributed by atoms with van der Waals surface area (Å²) in [7, 11) is 0. The highest BCUT2D eigenvalue weighted by Gasteiger charge is 2.20. The van der Waals surface area contributed by atoms with Gasteiger partial charge in [0.15, 0.2) is 12.5 Å². The normalized spacial score (nSPS) is 22.4. The second kappa shape index (κ2) is 6.42. The van der Waals surface area contributed by atoms with Crippen molar-refractivity contribution in [3.63, 3.8) is 0 Å². The van der Waals surface area contributed by atoms with E-state index in [9.17, 15) is 0 Å². The maximum Gasteiger partial charge on any atom is 0.221 e. The highest BCUT2D eigenvalue weighted by molar-refractivity contribution is 9.10. The summed E-state index contributed by atoms with van der Waals surface area (Å²) < 4.78 is 3.65. The van der Waals surface area contributed by atoms with Crippen LogP contribution in [-0.2, 0) is 6.67 Å². The van der Waals surface area contributed by atoms with Gasteiger partial charge >= 0.3 is 0 Å². The first kappa shape index (κ1) is 14.9. The first-order chi connectivity index (χ1) is 10.1. The molecule has 0 spiro atoms. The predicted octanol–water partition coefficient (Wildman–Crippen LogP) is 2.64. The lowest BCUT2D eigenvalue weighted by Crippen LogP contribution is -3.12. The predicted molar refractivity (Wildman–Crippen MR) is 89.6 cm³/mol. The van der Waals surface area contributed by atoms with Gasteiger partial charge in [-0.3, -0.25) is 5.10 Å². The molecule has 0 aliphatic carbocycles. The average molecular weight is 368 g/mol. The monoisotopic (exact) mass is 367 g/mol. The number of H-pyrrole nitrogens is 1. The Hall–Kier alpha value is -0.980. The Labute approximate surface area is 138 Å². The molecule has 1 aliphatic rings. The number of nitrogens with zero attached hydrogens (tertiary/aromatic N) is 2. The number of hydrogen-bond acceptors (Lipinski definition) is 2. The Morgan fingerprint density at radius 1 is 1.38 bits per heavy atom. The molecule has 6 heteroatoms. The molecular formula is C15H20BrN4S+. The van der Waals surface area contributed by atoms with Crippen molar-refractivity contribution in [2.45, 2.75) is 26.4 Å². The first-order valence-corrected chi connectivity index (χ1v) is 8.59. The number of piperidine rings is 1. The molecule has 0 unspecified atom stereocenters. The fraction of sp³-hybridized carbons (Fsp3) is 0.467. The summed E-state index contributed by atoms with van der Waals surface area (Å²) in [6, 6.07) is 8.06. The van der Waals surface area contributed by atoms with Gasteiger partial charge in [0.25, 0.3) is 0 Å². The number of quaternary nitrogens is 1. The van der Waals surface area contributed by atoms with Gasteiger partial charge in [-0.2, -0.15) is 4.98 Å². The number of hydrogen-bond donors (Lipinski definition) is 2. The second-order valence-electron chi connectivity index (χ2n) is 5.85. The Bertz CT molecular complexity index is 670. The molecule has 2 aromatic rings. The van der Waals surface area contributed by atoms with Crippen molar-refractivity contribution >= 4 is 28.1 Å². The number of nitrogens with one attached hydrogen (secondary N) is 2. The summed E-state index contributed by atoms with van der Waals surface area (Å²) >= 11 is 8.96. The second-order valence-corrected chi connectivity index (χ2v) is 7.07. The smallest absolute Gasteiger partial charge is 0.221 e. The van der Waals surface area contributed by atoms with Crippen LogP contribution < -0.4 is 4.90 Å². The number of aromatic amines is 1. The van der Waals surface area contributed by atoms with Crippen molar-refractivity contribution in [3.05, 3.63) is 33.5 Å². The van der Waals surface area contributed by atoms with Gasteiger partial charge in [-0.15, -0.1) is 0 Å². The fourth-order valence-electron chi connectivity index (χ4n) is 2.79. The van der Waals surface area contributed by atoms with Crippen molar-refractivity contribution in [3.8, 4) is 11.4 Å². The molecule has 0 radical (unpaired) electrons. The minimum atomic E-state index is 0.631. The van der Waals surface area contributed by atoms with Crippen LogP contribution in [0.5, 0.6) is 0 Å². The number of likely N-dealkylation sites (tertiary alicyclic amines) is 1. The zero-order valence-electron chi connectivity index (χ0n) is 12.1. The Morgan fingerprint density at radius 2 is 2.10 bits per heavy atom. The van der Waals surface area contributed by atoms with E-state index in [1.807, 2.05) is 28.9 Å². The Balaban J connectivity index is 1.79. The third kappa shape index (κ3) is 3.44. The molecule has 0 saturated carbocycles. The van der Waals surface area contributed by atoms with Gasteiger partial charge in [-0.1, -0.05) is 41.1 Å². The minimum absolute atomic E-state index is 0.631. The number of aromatic nitrogens is 3. The van der Waals surface area contributed by atoms with Crippen LogP contribution in [-0.4, -0.2) is 27.9 Å². The van der Waals surface area contributed by atoms with Gasteiger partial charge < -0.3 is 4.90 Å². The zero-order chi connectivity index (χ0) is 14.8. The van der Waals surface area contributed by atoms with E-state index in [0.29, 0.717) is 4.77 Å². The number of rotatable bonds is 3. The Morgan fingerprint density at radius 3 is 2.81 bits per heavy atom. The average Bonchev–Trinajstić information content (AvgIpc) is 2.83. The lowest BCUT2D eigenvalue weighted by molar-refractivity contribution is -0.929. The van der Waals surface area contributed by atoms with E-state index < -0.39 is 0 Å². The van der Waals surface area contributed by atoms with Gasteiger partial charge in [0.2, 0.25) is 4.77 Å². The maximum absolute atomic E-state index is 5.40.